The van der Waals surface area contributed by atoms with E-state index in [1.807, 2.05) is 6.92 Å². The number of pyridine rings is 1. The second-order valence-electron chi connectivity index (χ2n) is 3.34. The fourth-order valence-corrected chi connectivity index (χ4v) is 1.11. The van der Waals surface area contributed by atoms with E-state index in [-0.39, 0.29) is 6.61 Å². The highest BCUT2D eigenvalue weighted by Gasteiger charge is 2.01. The molecule has 0 bridgehead atoms. The minimum atomic E-state index is -0.482. The van der Waals surface area contributed by atoms with Gasteiger partial charge in [-0.25, -0.2) is 4.98 Å². The molecule has 1 aromatic rings. The molecule has 1 atom stereocenters. The molecule has 4 heteroatoms. The number of aromatic nitrogens is 1. The van der Waals surface area contributed by atoms with E-state index in [0.717, 1.165) is 6.42 Å². The minimum absolute atomic E-state index is 0.180. The van der Waals surface area contributed by atoms with Crippen LogP contribution in [0.25, 0.3) is 0 Å². The van der Waals surface area contributed by atoms with E-state index < -0.39 is 5.95 Å². The van der Waals surface area contributed by atoms with Crippen molar-refractivity contribution in [2.75, 3.05) is 18.5 Å². The molecule has 1 aromatic heterocycles. The first-order chi connectivity index (χ1) is 6.72. The van der Waals surface area contributed by atoms with Crippen LogP contribution in [0.5, 0.6) is 0 Å². The van der Waals surface area contributed by atoms with Gasteiger partial charge in [-0.05, 0) is 24.5 Å². The SMILES string of the molecule is CC(CCO)CNc1cccc(F)n1. The van der Waals surface area contributed by atoms with Gasteiger partial charge < -0.3 is 10.4 Å². The van der Waals surface area contributed by atoms with Crippen LogP contribution in [-0.4, -0.2) is 23.2 Å². The summed E-state index contributed by atoms with van der Waals surface area (Å²) in [7, 11) is 0. The van der Waals surface area contributed by atoms with E-state index in [2.05, 4.69) is 10.3 Å². The molecule has 2 N–H and O–H groups in total. The molecule has 14 heavy (non-hydrogen) atoms. The number of rotatable bonds is 5. The van der Waals surface area contributed by atoms with Gasteiger partial charge in [-0.3, -0.25) is 0 Å². The lowest BCUT2D eigenvalue weighted by Crippen LogP contribution is -2.13. The van der Waals surface area contributed by atoms with E-state index in [1.54, 1.807) is 12.1 Å². The monoisotopic (exact) mass is 198 g/mol. The normalized spacial score (nSPS) is 12.5. The highest BCUT2D eigenvalue weighted by molar-refractivity contribution is 5.33. The summed E-state index contributed by atoms with van der Waals surface area (Å²) in [4.78, 5) is 3.66. The number of halogens is 1. The van der Waals surface area contributed by atoms with Crippen molar-refractivity contribution >= 4 is 5.82 Å². The lowest BCUT2D eigenvalue weighted by atomic mass is 10.1. The van der Waals surface area contributed by atoms with Crippen molar-refractivity contribution in [1.29, 1.82) is 0 Å². The predicted octanol–water partition coefficient (Wildman–Crippen LogP) is 1.65. The fraction of sp³-hybridized carbons (Fsp3) is 0.500. The average molecular weight is 198 g/mol. The third-order valence-corrected chi connectivity index (χ3v) is 1.97. The first-order valence-electron chi connectivity index (χ1n) is 4.69. The Kier molecular flexibility index (Phi) is 4.32. The first kappa shape index (κ1) is 10.9. The first-order valence-corrected chi connectivity index (χ1v) is 4.69. The van der Waals surface area contributed by atoms with Crippen LogP contribution in [0.4, 0.5) is 10.2 Å². The number of nitrogens with zero attached hydrogens (tertiary/aromatic N) is 1. The van der Waals surface area contributed by atoms with Crippen molar-refractivity contribution < 1.29 is 9.50 Å². The van der Waals surface area contributed by atoms with Crippen LogP contribution in [0.15, 0.2) is 18.2 Å². The largest absolute Gasteiger partial charge is 0.396 e. The summed E-state index contributed by atoms with van der Waals surface area (Å²) in [5.74, 6) is 0.407. The molecule has 0 fully saturated rings. The van der Waals surface area contributed by atoms with E-state index >= 15 is 0 Å². The number of aliphatic hydroxyl groups is 1. The number of anilines is 1. The van der Waals surface area contributed by atoms with Gasteiger partial charge in [0.2, 0.25) is 5.95 Å². The maximum absolute atomic E-state index is 12.6. The second-order valence-corrected chi connectivity index (χ2v) is 3.34. The zero-order valence-electron chi connectivity index (χ0n) is 8.20. The molecule has 0 saturated carbocycles. The molecule has 0 saturated heterocycles. The molecule has 3 nitrogen and oxygen atoms in total. The van der Waals surface area contributed by atoms with E-state index in [4.69, 9.17) is 5.11 Å². The zero-order chi connectivity index (χ0) is 10.4. The summed E-state index contributed by atoms with van der Waals surface area (Å²) in [5, 5.41) is 11.7. The lowest BCUT2D eigenvalue weighted by molar-refractivity contribution is 0.266. The number of nitrogens with one attached hydrogen (secondary N) is 1. The van der Waals surface area contributed by atoms with E-state index in [1.165, 1.54) is 6.07 Å². The van der Waals surface area contributed by atoms with Crippen molar-refractivity contribution in [1.82, 2.24) is 4.98 Å². The van der Waals surface area contributed by atoms with Crippen LogP contribution in [0.1, 0.15) is 13.3 Å². The minimum Gasteiger partial charge on any atom is -0.396 e. The standard InChI is InChI=1S/C10H15FN2O/c1-8(5-6-14)7-12-10-4-2-3-9(11)13-10/h2-4,8,14H,5-7H2,1H3,(H,12,13). The van der Waals surface area contributed by atoms with Crippen LogP contribution >= 0.6 is 0 Å². The van der Waals surface area contributed by atoms with Crippen molar-refractivity contribution in [3.8, 4) is 0 Å². The van der Waals surface area contributed by atoms with Gasteiger partial charge in [0, 0.05) is 13.2 Å². The van der Waals surface area contributed by atoms with E-state index in [0.29, 0.717) is 18.3 Å². The van der Waals surface area contributed by atoms with Crippen LogP contribution in [0, 0.1) is 11.9 Å². The molecule has 1 unspecified atom stereocenters. The third kappa shape index (κ3) is 3.70. The molecule has 0 amide bonds. The summed E-state index contributed by atoms with van der Waals surface area (Å²) in [6.07, 6.45) is 0.738. The Morgan fingerprint density at radius 1 is 1.57 bits per heavy atom. The summed E-state index contributed by atoms with van der Waals surface area (Å²) < 4.78 is 12.6. The Hall–Kier alpha value is -1.16. The molecular formula is C10H15FN2O. The van der Waals surface area contributed by atoms with Gasteiger partial charge >= 0.3 is 0 Å². The van der Waals surface area contributed by atoms with Gasteiger partial charge in [0.1, 0.15) is 5.82 Å². The maximum Gasteiger partial charge on any atom is 0.214 e. The molecule has 0 aliphatic rings. The third-order valence-electron chi connectivity index (χ3n) is 1.97. The molecule has 0 aromatic carbocycles. The molecule has 1 heterocycles. The molecule has 0 aliphatic carbocycles. The van der Waals surface area contributed by atoms with Crippen LogP contribution < -0.4 is 5.32 Å². The molecular weight excluding hydrogens is 183 g/mol. The summed E-state index contributed by atoms with van der Waals surface area (Å²) in [6, 6.07) is 4.64. The zero-order valence-corrected chi connectivity index (χ0v) is 8.20. The Morgan fingerprint density at radius 2 is 2.36 bits per heavy atom. The number of aliphatic hydroxyl groups excluding tert-OH is 1. The van der Waals surface area contributed by atoms with Crippen LogP contribution in [-0.2, 0) is 0 Å². The van der Waals surface area contributed by atoms with Gasteiger partial charge in [-0.2, -0.15) is 4.39 Å². The highest BCUT2D eigenvalue weighted by atomic mass is 19.1. The molecule has 0 aliphatic heterocycles. The summed E-state index contributed by atoms with van der Waals surface area (Å²) in [6.45, 7) is 2.89. The summed E-state index contributed by atoms with van der Waals surface area (Å²) >= 11 is 0. The maximum atomic E-state index is 12.6. The Morgan fingerprint density at radius 3 is 3.00 bits per heavy atom. The van der Waals surface area contributed by atoms with Gasteiger partial charge in [0.05, 0.1) is 0 Å². The van der Waals surface area contributed by atoms with Gasteiger partial charge in [-0.15, -0.1) is 0 Å². The van der Waals surface area contributed by atoms with Crippen molar-refractivity contribution in [3.05, 3.63) is 24.1 Å². The quantitative estimate of drug-likeness (QED) is 0.707. The summed E-state index contributed by atoms with van der Waals surface area (Å²) in [5.41, 5.74) is 0. The smallest absolute Gasteiger partial charge is 0.214 e. The Labute approximate surface area is 83.0 Å². The Bertz CT molecular complexity index is 281. The molecule has 78 valence electrons. The predicted molar refractivity (Wildman–Crippen MR) is 53.6 cm³/mol. The van der Waals surface area contributed by atoms with E-state index in [9.17, 15) is 4.39 Å². The highest BCUT2D eigenvalue weighted by Crippen LogP contribution is 2.06. The van der Waals surface area contributed by atoms with Gasteiger partial charge in [0.25, 0.3) is 0 Å². The van der Waals surface area contributed by atoms with Crippen LogP contribution in [0.2, 0.25) is 0 Å². The molecule has 0 radical (unpaired) electrons. The number of hydrogen-bond acceptors (Lipinski definition) is 3. The van der Waals surface area contributed by atoms with Crippen molar-refractivity contribution in [2.24, 2.45) is 5.92 Å². The lowest BCUT2D eigenvalue weighted by Gasteiger charge is -2.11. The Balaban J connectivity index is 2.37. The second kappa shape index (κ2) is 5.54. The average Bonchev–Trinajstić information content (AvgIpc) is 2.15. The number of hydrogen-bond donors (Lipinski definition) is 2. The van der Waals surface area contributed by atoms with Gasteiger partial charge in [0.15, 0.2) is 0 Å². The van der Waals surface area contributed by atoms with Gasteiger partial charge in [-0.1, -0.05) is 13.0 Å². The van der Waals surface area contributed by atoms with Crippen molar-refractivity contribution in [2.45, 2.75) is 13.3 Å². The molecule has 1 rings (SSSR count). The van der Waals surface area contributed by atoms with Crippen LogP contribution in [0.3, 0.4) is 0 Å². The molecule has 0 spiro atoms. The fourth-order valence-electron chi connectivity index (χ4n) is 1.11. The van der Waals surface area contributed by atoms with Crippen molar-refractivity contribution in [3.63, 3.8) is 0 Å². The topological polar surface area (TPSA) is 45.1 Å².